The summed E-state index contributed by atoms with van der Waals surface area (Å²) in [5.41, 5.74) is 1.19. The van der Waals surface area contributed by atoms with Gasteiger partial charge in [0.25, 0.3) is 11.8 Å². The van der Waals surface area contributed by atoms with Crippen LogP contribution in [0, 0.1) is 0 Å². The number of rotatable bonds is 5. The van der Waals surface area contributed by atoms with Crippen molar-refractivity contribution in [1.82, 2.24) is 4.90 Å². The number of fused-ring (bicyclic) bond motifs is 1. The van der Waals surface area contributed by atoms with Gasteiger partial charge in [0, 0.05) is 0 Å². The van der Waals surface area contributed by atoms with Crippen LogP contribution in [0.2, 0.25) is 0 Å². The summed E-state index contributed by atoms with van der Waals surface area (Å²) in [4.78, 5) is 26.0. The Morgan fingerprint density at radius 1 is 0.880 bits per heavy atom. The third-order valence-corrected chi connectivity index (χ3v) is 4.69. The molecule has 0 fully saturated rings. The second kappa shape index (κ2) is 7.80. The van der Waals surface area contributed by atoms with Crippen molar-refractivity contribution in [2.24, 2.45) is 0 Å². The number of carbonyl (C=O) groups is 2. The summed E-state index contributed by atoms with van der Waals surface area (Å²) >= 11 is 0. The fraction of sp³-hybridized carbons (Fsp3) is 0.176. The molecule has 1 heterocycles. The zero-order valence-corrected chi connectivity index (χ0v) is 16.4. The van der Waals surface area contributed by atoms with Crippen LogP contribution in [0.3, 0.4) is 0 Å². The summed E-state index contributed by atoms with van der Waals surface area (Å²) < 4.78 is 33.8. The van der Waals surface area contributed by atoms with Gasteiger partial charge in [-0.15, -0.1) is 0 Å². The minimum atomic E-state index is -4.61. The van der Waals surface area contributed by atoms with Crippen LogP contribution in [0.5, 0.6) is 0 Å². The molecule has 0 saturated carbocycles. The minimum absolute atomic E-state index is 0. The van der Waals surface area contributed by atoms with Crippen molar-refractivity contribution in [1.29, 1.82) is 0 Å². The zero-order valence-electron chi connectivity index (χ0n) is 13.6. The van der Waals surface area contributed by atoms with E-state index in [1.54, 1.807) is 42.5 Å². The molecular formula is C17H14NNaO5S. The van der Waals surface area contributed by atoms with Crippen molar-refractivity contribution in [3.63, 3.8) is 0 Å². The van der Waals surface area contributed by atoms with Crippen molar-refractivity contribution < 1.29 is 52.1 Å². The molecule has 0 bridgehead atoms. The Morgan fingerprint density at radius 2 is 1.36 bits per heavy atom. The molecule has 3 rings (SSSR count). The molecule has 0 spiro atoms. The Balaban J connectivity index is 0.00000225. The smallest absolute Gasteiger partial charge is 0.748 e. The number of amides is 2. The van der Waals surface area contributed by atoms with Crippen molar-refractivity contribution in [3.05, 3.63) is 71.3 Å². The molecule has 0 unspecified atom stereocenters. The average molecular weight is 367 g/mol. The van der Waals surface area contributed by atoms with Gasteiger partial charge < -0.3 is 4.55 Å². The van der Waals surface area contributed by atoms with E-state index in [1.807, 2.05) is 0 Å². The number of carbonyl (C=O) groups excluding carboxylic acids is 2. The van der Waals surface area contributed by atoms with Gasteiger partial charge >= 0.3 is 29.6 Å². The van der Waals surface area contributed by atoms with E-state index in [9.17, 15) is 22.6 Å². The van der Waals surface area contributed by atoms with Gasteiger partial charge in [-0.25, -0.2) is 8.42 Å². The van der Waals surface area contributed by atoms with E-state index < -0.39 is 33.7 Å². The summed E-state index contributed by atoms with van der Waals surface area (Å²) in [5.74, 6) is -1.95. The first-order chi connectivity index (χ1) is 11.4. The first kappa shape index (κ1) is 19.8. The molecule has 0 N–H and O–H groups in total. The molecule has 0 saturated heterocycles. The van der Waals surface area contributed by atoms with Gasteiger partial charge in [0.15, 0.2) is 0 Å². The van der Waals surface area contributed by atoms with Crippen LogP contribution in [-0.2, 0) is 16.5 Å². The summed E-state index contributed by atoms with van der Waals surface area (Å²) in [6, 6.07) is 14.1. The predicted molar refractivity (Wildman–Crippen MR) is 85.4 cm³/mol. The minimum Gasteiger partial charge on any atom is -0.748 e. The number of imide groups is 1. The molecule has 0 aromatic heterocycles. The van der Waals surface area contributed by atoms with Crippen molar-refractivity contribution in [3.8, 4) is 0 Å². The van der Waals surface area contributed by atoms with E-state index in [1.165, 1.54) is 12.1 Å². The first-order valence-electron chi connectivity index (χ1n) is 7.31. The molecule has 2 amide bonds. The van der Waals surface area contributed by atoms with E-state index in [4.69, 9.17) is 0 Å². The average Bonchev–Trinajstić information content (AvgIpc) is 2.78. The van der Waals surface area contributed by atoms with E-state index in [-0.39, 0.29) is 47.1 Å². The Labute approximate surface area is 167 Å². The van der Waals surface area contributed by atoms with Gasteiger partial charge in [0.2, 0.25) is 0 Å². The normalized spacial score (nSPS) is 14.8. The largest absolute Gasteiger partial charge is 1.00 e. The van der Waals surface area contributed by atoms with Crippen LogP contribution in [0.15, 0.2) is 54.6 Å². The van der Waals surface area contributed by atoms with Crippen molar-refractivity contribution in [2.45, 2.75) is 12.5 Å². The van der Waals surface area contributed by atoms with Gasteiger partial charge in [-0.05, 0) is 24.1 Å². The molecule has 1 aliphatic heterocycles. The second-order valence-corrected chi connectivity index (χ2v) is 7.04. The van der Waals surface area contributed by atoms with Crippen LogP contribution in [0.1, 0.15) is 26.3 Å². The van der Waals surface area contributed by atoms with E-state index in [0.29, 0.717) is 0 Å². The maximum atomic E-state index is 12.5. The molecule has 1 aliphatic rings. The molecular weight excluding hydrogens is 353 g/mol. The summed E-state index contributed by atoms with van der Waals surface area (Å²) in [5, 5.41) is 0. The predicted octanol–water partition coefficient (Wildman–Crippen LogP) is -1.56. The van der Waals surface area contributed by atoms with E-state index >= 15 is 0 Å². The quantitative estimate of drug-likeness (QED) is 0.362. The number of benzene rings is 2. The van der Waals surface area contributed by atoms with Crippen LogP contribution in [0.25, 0.3) is 0 Å². The third kappa shape index (κ3) is 4.37. The topological polar surface area (TPSA) is 94.6 Å². The number of hydrogen-bond acceptors (Lipinski definition) is 5. The molecule has 6 nitrogen and oxygen atoms in total. The molecule has 0 radical (unpaired) electrons. The Kier molecular flexibility index (Phi) is 6.18. The number of hydrogen-bond donors (Lipinski definition) is 0. The SMILES string of the molecule is O=C1c2ccccc2C(=O)N1[C@H](Cc1ccccc1)CS(=O)(=O)[O-].[Na+]. The Hall–Kier alpha value is -1.51. The molecule has 2 aromatic rings. The van der Waals surface area contributed by atoms with Gasteiger partial charge in [0.1, 0.15) is 0 Å². The maximum absolute atomic E-state index is 12.5. The van der Waals surface area contributed by atoms with E-state index in [0.717, 1.165) is 10.5 Å². The monoisotopic (exact) mass is 367 g/mol. The number of nitrogens with zero attached hydrogens (tertiary/aromatic N) is 1. The summed E-state index contributed by atoms with van der Waals surface area (Å²) in [6.45, 7) is 0. The first-order valence-corrected chi connectivity index (χ1v) is 8.89. The molecule has 124 valence electrons. The third-order valence-electron chi connectivity index (χ3n) is 3.90. The molecule has 25 heavy (non-hydrogen) atoms. The zero-order chi connectivity index (χ0) is 17.3. The summed E-state index contributed by atoms with van der Waals surface area (Å²) in [7, 11) is -4.61. The fourth-order valence-corrected chi connectivity index (χ4v) is 3.62. The van der Waals surface area contributed by atoms with Gasteiger partial charge in [-0.1, -0.05) is 42.5 Å². The van der Waals surface area contributed by atoms with Crippen LogP contribution in [0.4, 0.5) is 0 Å². The molecule has 8 heteroatoms. The van der Waals surface area contributed by atoms with Crippen LogP contribution >= 0.6 is 0 Å². The maximum Gasteiger partial charge on any atom is 1.00 e. The second-order valence-electron chi connectivity index (χ2n) is 5.59. The Morgan fingerprint density at radius 3 is 1.84 bits per heavy atom. The van der Waals surface area contributed by atoms with Crippen LogP contribution in [-0.4, -0.2) is 41.5 Å². The van der Waals surface area contributed by atoms with Crippen LogP contribution < -0.4 is 29.6 Å². The van der Waals surface area contributed by atoms with Gasteiger partial charge in [0.05, 0.1) is 33.0 Å². The van der Waals surface area contributed by atoms with Crippen molar-refractivity contribution >= 4 is 21.9 Å². The fourth-order valence-electron chi connectivity index (χ4n) is 2.89. The molecule has 2 aromatic carbocycles. The van der Waals surface area contributed by atoms with Gasteiger partial charge in [-0.3, -0.25) is 14.5 Å². The van der Waals surface area contributed by atoms with Gasteiger partial charge in [-0.2, -0.15) is 0 Å². The van der Waals surface area contributed by atoms with E-state index in [2.05, 4.69) is 0 Å². The standard InChI is InChI=1S/C17H15NO5S.Na/c19-16-14-8-4-5-9-15(14)17(20)18(16)13(11-24(21,22)23)10-12-6-2-1-3-7-12;/h1-9,13H,10-11H2,(H,21,22,23);/q;+1/p-1/t13-;/m1./s1. The Bertz CT molecular complexity index is 863. The molecule has 1 atom stereocenters. The summed E-state index contributed by atoms with van der Waals surface area (Å²) in [6.07, 6.45) is 0.105. The molecule has 0 aliphatic carbocycles. The van der Waals surface area contributed by atoms with Crippen molar-refractivity contribution in [2.75, 3.05) is 5.75 Å².